The van der Waals surface area contributed by atoms with Crippen LogP contribution in [0.2, 0.25) is 0 Å². The lowest BCUT2D eigenvalue weighted by atomic mass is 9.82. The molecule has 0 radical (unpaired) electrons. The number of ether oxygens (including phenoxy) is 1. The predicted molar refractivity (Wildman–Crippen MR) is 147 cm³/mol. The quantitative estimate of drug-likeness (QED) is 0.393. The Morgan fingerprint density at radius 3 is 2.56 bits per heavy atom. The number of aryl methyl sites for hydroxylation is 1. The van der Waals surface area contributed by atoms with Gasteiger partial charge in [-0.25, -0.2) is 4.39 Å². The lowest BCUT2D eigenvalue weighted by Gasteiger charge is -2.32. The fourth-order valence-corrected chi connectivity index (χ4v) is 4.01. The maximum absolute atomic E-state index is 13.7. The fraction of sp³-hybridized carbons (Fsp3) is 0.484. The van der Waals surface area contributed by atoms with E-state index in [1.54, 1.807) is 6.07 Å². The van der Waals surface area contributed by atoms with E-state index in [0.29, 0.717) is 23.3 Å². The number of benzene rings is 2. The fourth-order valence-electron chi connectivity index (χ4n) is 4.01. The number of allylic oxidation sites excluding steroid dienone is 3. The molecule has 0 saturated carbocycles. The predicted octanol–water partition coefficient (Wildman–Crippen LogP) is 9.06. The Morgan fingerprint density at radius 1 is 1.21 bits per heavy atom. The number of rotatable bonds is 8. The van der Waals surface area contributed by atoms with Crippen molar-refractivity contribution >= 4 is 5.57 Å². The zero-order chi connectivity index (χ0) is 25.5. The van der Waals surface area contributed by atoms with E-state index in [9.17, 15) is 4.39 Å². The highest BCUT2D eigenvalue weighted by molar-refractivity contribution is 5.76. The molecule has 2 aromatic rings. The lowest BCUT2D eigenvalue weighted by Crippen LogP contribution is -2.23. The second kappa shape index (κ2) is 16.3. The Bertz CT molecular complexity index is 889. The van der Waals surface area contributed by atoms with Crippen LogP contribution in [0.1, 0.15) is 96.4 Å². The van der Waals surface area contributed by atoms with Crippen LogP contribution < -0.4 is 10.5 Å². The summed E-state index contributed by atoms with van der Waals surface area (Å²) < 4.78 is 20.1. The second-order valence-electron chi connectivity index (χ2n) is 8.73. The van der Waals surface area contributed by atoms with Crippen LogP contribution in [0.15, 0.2) is 61.2 Å². The molecule has 1 aliphatic carbocycles. The molecule has 0 fully saturated rings. The summed E-state index contributed by atoms with van der Waals surface area (Å²) in [5.41, 5.74) is 9.71. The van der Waals surface area contributed by atoms with Gasteiger partial charge in [0, 0.05) is 11.6 Å². The summed E-state index contributed by atoms with van der Waals surface area (Å²) >= 11 is 0. The minimum absolute atomic E-state index is 0.0161. The van der Waals surface area contributed by atoms with E-state index < -0.39 is 0 Å². The number of fused-ring (bicyclic) bond motifs is 1. The van der Waals surface area contributed by atoms with Gasteiger partial charge < -0.3 is 10.5 Å². The molecular weight excluding hydrogens is 421 g/mol. The van der Waals surface area contributed by atoms with Gasteiger partial charge in [0.15, 0.2) is 0 Å². The first-order valence-electron chi connectivity index (χ1n) is 13.0. The number of hydrogen-bond acceptors (Lipinski definition) is 2. The molecule has 1 aliphatic rings. The highest BCUT2D eigenvalue weighted by Gasteiger charge is 2.28. The second-order valence-corrected chi connectivity index (χ2v) is 8.73. The smallest absolute Gasteiger partial charge is 0.128 e. The Kier molecular flexibility index (Phi) is 14.2. The van der Waals surface area contributed by atoms with E-state index in [2.05, 4.69) is 51.6 Å². The Morgan fingerprint density at radius 2 is 1.91 bits per heavy atom. The highest BCUT2D eigenvalue weighted by atomic mass is 19.1. The van der Waals surface area contributed by atoms with Gasteiger partial charge in [0.05, 0.1) is 0 Å². The van der Waals surface area contributed by atoms with Crippen LogP contribution in [0.25, 0.3) is 5.57 Å². The lowest BCUT2D eigenvalue weighted by molar-refractivity contribution is 0.129. The van der Waals surface area contributed by atoms with Crippen LogP contribution in [0.5, 0.6) is 5.75 Å². The van der Waals surface area contributed by atoms with E-state index in [4.69, 9.17) is 10.5 Å². The van der Waals surface area contributed by atoms with Gasteiger partial charge >= 0.3 is 0 Å². The Hall–Kier alpha value is -2.39. The molecule has 0 amide bonds. The molecule has 0 aliphatic heterocycles. The van der Waals surface area contributed by atoms with Crippen molar-refractivity contribution in [2.24, 2.45) is 11.7 Å². The van der Waals surface area contributed by atoms with Crippen molar-refractivity contribution in [1.82, 2.24) is 0 Å². The Labute approximate surface area is 208 Å². The summed E-state index contributed by atoms with van der Waals surface area (Å²) in [7, 11) is 0. The largest absolute Gasteiger partial charge is 0.485 e. The molecule has 2 N–H and O–H groups in total. The first kappa shape index (κ1) is 29.6. The van der Waals surface area contributed by atoms with Crippen molar-refractivity contribution in [3.63, 3.8) is 0 Å². The van der Waals surface area contributed by atoms with Crippen LogP contribution in [0, 0.1) is 11.7 Å². The van der Waals surface area contributed by atoms with Crippen LogP contribution in [-0.2, 0) is 6.42 Å². The van der Waals surface area contributed by atoms with Crippen molar-refractivity contribution in [3.8, 4) is 5.75 Å². The van der Waals surface area contributed by atoms with E-state index >= 15 is 0 Å². The highest BCUT2D eigenvalue weighted by Crippen LogP contribution is 2.39. The van der Waals surface area contributed by atoms with Crippen molar-refractivity contribution in [2.75, 3.05) is 0 Å². The average molecular weight is 468 g/mol. The maximum atomic E-state index is 13.7. The molecule has 0 aromatic heterocycles. The zero-order valence-corrected chi connectivity index (χ0v) is 22.2. The van der Waals surface area contributed by atoms with Gasteiger partial charge in [-0.3, -0.25) is 0 Å². The van der Waals surface area contributed by atoms with Gasteiger partial charge in [0.1, 0.15) is 17.7 Å². The van der Waals surface area contributed by atoms with Gasteiger partial charge in [-0.05, 0) is 73.4 Å². The first-order chi connectivity index (χ1) is 16.4. The van der Waals surface area contributed by atoms with E-state index in [-0.39, 0.29) is 11.9 Å². The third kappa shape index (κ3) is 9.10. The SMILES string of the molecule is C=C(/C=C\C)c1cc(F)ccc1O[C@H]1c2ccccc2CCC1C.CC.CCCCC(N)CC. The number of hydrogen-bond donors (Lipinski definition) is 1. The molecule has 34 heavy (non-hydrogen) atoms. The van der Waals surface area contributed by atoms with Crippen molar-refractivity contribution in [1.29, 1.82) is 0 Å². The van der Waals surface area contributed by atoms with Crippen LogP contribution in [-0.4, -0.2) is 6.04 Å². The number of unbranched alkanes of at least 4 members (excludes halogenated alkanes) is 1. The molecular formula is C31H46FNO. The third-order valence-electron chi connectivity index (χ3n) is 6.11. The molecule has 0 heterocycles. The minimum Gasteiger partial charge on any atom is -0.485 e. The van der Waals surface area contributed by atoms with E-state index in [0.717, 1.165) is 24.8 Å². The molecule has 3 rings (SSSR count). The summed E-state index contributed by atoms with van der Waals surface area (Å²) in [4.78, 5) is 0. The monoisotopic (exact) mass is 467 g/mol. The number of nitrogens with two attached hydrogens (primary N) is 1. The van der Waals surface area contributed by atoms with Crippen molar-refractivity contribution in [3.05, 3.63) is 83.7 Å². The molecule has 2 aromatic carbocycles. The maximum Gasteiger partial charge on any atom is 0.128 e. The van der Waals surface area contributed by atoms with Gasteiger partial charge in [0.2, 0.25) is 0 Å². The van der Waals surface area contributed by atoms with Crippen LogP contribution >= 0.6 is 0 Å². The normalized spacial score (nSPS) is 17.5. The number of halogens is 1. The summed E-state index contributed by atoms with van der Waals surface area (Å²) in [5, 5.41) is 0. The zero-order valence-electron chi connectivity index (χ0n) is 22.2. The molecule has 188 valence electrons. The van der Waals surface area contributed by atoms with Crippen molar-refractivity contribution < 1.29 is 9.13 Å². The standard InChI is InChI=1S/C22H23FO.C7H17N.C2H6/c1-4-7-15(2)20-14-18(23)12-13-21(20)24-22-16(3)10-11-17-8-5-6-9-19(17)22;1-3-5-6-7(8)4-2;1-2/h4-9,12-14,16,22H,2,10-11H2,1,3H3;7H,3-6,8H2,1-2H3;1-2H3/b7-4-;;/t16?,22-;;/m1../s1. The van der Waals surface area contributed by atoms with Gasteiger partial charge in [-0.1, -0.05) is 90.5 Å². The molecule has 0 saturated heterocycles. The summed E-state index contributed by atoms with van der Waals surface area (Å²) in [5.74, 6) is 0.820. The van der Waals surface area contributed by atoms with Crippen LogP contribution in [0.3, 0.4) is 0 Å². The molecule has 0 bridgehead atoms. The van der Waals surface area contributed by atoms with Gasteiger partial charge in [0.25, 0.3) is 0 Å². The van der Waals surface area contributed by atoms with Gasteiger partial charge in [-0.2, -0.15) is 0 Å². The molecule has 2 unspecified atom stereocenters. The molecule has 3 atom stereocenters. The average Bonchev–Trinajstić information content (AvgIpc) is 2.86. The molecule has 2 nitrogen and oxygen atoms in total. The summed E-state index contributed by atoms with van der Waals surface area (Å²) in [6.45, 7) is 16.5. The first-order valence-corrected chi connectivity index (χ1v) is 13.0. The Balaban J connectivity index is 0.000000493. The topological polar surface area (TPSA) is 35.2 Å². The van der Waals surface area contributed by atoms with Crippen LogP contribution in [0.4, 0.5) is 4.39 Å². The third-order valence-corrected chi connectivity index (χ3v) is 6.11. The summed E-state index contributed by atoms with van der Waals surface area (Å²) in [6, 6.07) is 13.5. The van der Waals surface area contributed by atoms with E-state index in [1.165, 1.54) is 42.5 Å². The summed E-state index contributed by atoms with van der Waals surface area (Å²) in [6.07, 6.45) is 10.8. The molecule has 3 heteroatoms. The van der Waals surface area contributed by atoms with Crippen molar-refractivity contribution in [2.45, 2.75) is 92.2 Å². The van der Waals surface area contributed by atoms with E-state index in [1.807, 2.05) is 32.9 Å². The minimum atomic E-state index is -0.278. The van der Waals surface area contributed by atoms with Gasteiger partial charge in [-0.15, -0.1) is 0 Å². The molecule has 0 spiro atoms.